The molecule has 0 aromatic heterocycles. The molecule has 1 aliphatic heterocycles. The number of fused-ring (bicyclic) bond motifs is 1. The third-order valence-electron chi connectivity index (χ3n) is 4.56. The lowest BCUT2D eigenvalue weighted by molar-refractivity contribution is -0.121. The smallest absolute Gasteiger partial charge is 0.249 e. The molecule has 1 heterocycles. The summed E-state index contributed by atoms with van der Waals surface area (Å²) < 4.78 is 0. The summed E-state index contributed by atoms with van der Waals surface area (Å²) in [5.41, 5.74) is 2.63. The van der Waals surface area contributed by atoms with E-state index in [1.165, 1.54) is 0 Å². The summed E-state index contributed by atoms with van der Waals surface area (Å²) in [4.78, 5) is 28.2. The van der Waals surface area contributed by atoms with Gasteiger partial charge in [-0.05, 0) is 31.4 Å². The van der Waals surface area contributed by atoms with E-state index in [1.54, 1.807) is 6.08 Å². The van der Waals surface area contributed by atoms with E-state index in [0.29, 0.717) is 5.71 Å². The highest BCUT2D eigenvalue weighted by molar-refractivity contribution is 6.11. The first-order valence-corrected chi connectivity index (χ1v) is 8.21. The number of nitrogens with one attached hydrogen (secondary N) is 1. The lowest BCUT2D eigenvalue weighted by Crippen LogP contribution is -2.33. The molecule has 2 aliphatic carbocycles. The predicted molar refractivity (Wildman–Crippen MR) is 86.2 cm³/mol. The number of allylic oxidation sites excluding steroid dienone is 3. The maximum absolute atomic E-state index is 12.2. The van der Waals surface area contributed by atoms with Gasteiger partial charge < -0.3 is 5.32 Å². The lowest BCUT2D eigenvalue weighted by atomic mass is 9.85. The van der Waals surface area contributed by atoms with E-state index in [4.69, 9.17) is 0 Å². The molecule has 22 heavy (non-hydrogen) atoms. The normalized spacial score (nSPS) is 26.5. The third kappa shape index (κ3) is 3.11. The monoisotopic (exact) mass is 298 g/mol. The van der Waals surface area contributed by atoms with Crippen LogP contribution >= 0.6 is 0 Å². The average molecular weight is 298 g/mol. The lowest BCUT2D eigenvalue weighted by Gasteiger charge is -2.27. The molecule has 116 valence electrons. The summed E-state index contributed by atoms with van der Waals surface area (Å²) >= 11 is 0. The molecule has 0 radical (unpaired) electrons. The number of nitrogens with zero attached hydrogens (tertiary/aromatic N) is 1. The zero-order chi connectivity index (χ0) is 15.5. The molecule has 1 atom stereocenters. The van der Waals surface area contributed by atoms with Gasteiger partial charge in [0.1, 0.15) is 0 Å². The summed E-state index contributed by atoms with van der Waals surface area (Å²) in [5, 5.41) is 2.88. The van der Waals surface area contributed by atoms with Crippen molar-refractivity contribution in [1.82, 2.24) is 5.32 Å². The van der Waals surface area contributed by atoms with E-state index in [9.17, 15) is 9.59 Å². The van der Waals surface area contributed by atoms with Gasteiger partial charge >= 0.3 is 0 Å². The molecule has 2 amide bonds. The van der Waals surface area contributed by atoms with Gasteiger partial charge in [-0.3, -0.25) is 9.59 Å². The van der Waals surface area contributed by atoms with Crippen molar-refractivity contribution in [2.45, 2.75) is 45.4 Å². The Balaban J connectivity index is 1.79. The van der Waals surface area contributed by atoms with Crippen molar-refractivity contribution in [3.63, 3.8) is 0 Å². The van der Waals surface area contributed by atoms with Crippen molar-refractivity contribution in [2.24, 2.45) is 16.8 Å². The zero-order valence-corrected chi connectivity index (χ0v) is 13.0. The maximum Gasteiger partial charge on any atom is 0.249 e. The Hall–Kier alpha value is -1.97. The molecule has 0 saturated heterocycles. The van der Waals surface area contributed by atoms with Crippen LogP contribution in [0.25, 0.3) is 0 Å². The van der Waals surface area contributed by atoms with Crippen LogP contribution in [0.1, 0.15) is 45.4 Å². The van der Waals surface area contributed by atoms with E-state index >= 15 is 0 Å². The fourth-order valence-corrected chi connectivity index (χ4v) is 3.45. The minimum Gasteiger partial charge on any atom is -0.325 e. The summed E-state index contributed by atoms with van der Waals surface area (Å²) in [6.45, 7) is 2.11. The van der Waals surface area contributed by atoms with Crippen molar-refractivity contribution in [1.29, 1.82) is 0 Å². The molecule has 0 aromatic rings. The van der Waals surface area contributed by atoms with Gasteiger partial charge in [-0.1, -0.05) is 37.8 Å². The van der Waals surface area contributed by atoms with Crippen LogP contribution in [0, 0.1) is 11.8 Å². The van der Waals surface area contributed by atoms with Gasteiger partial charge in [0.25, 0.3) is 0 Å². The van der Waals surface area contributed by atoms with Crippen LogP contribution in [0.15, 0.2) is 40.6 Å². The number of amides is 2. The van der Waals surface area contributed by atoms with E-state index in [-0.39, 0.29) is 23.7 Å². The quantitative estimate of drug-likeness (QED) is 0.870. The van der Waals surface area contributed by atoms with Crippen LogP contribution in [-0.4, -0.2) is 17.5 Å². The number of hydrogen-bond acceptors (Lipinski definition) is 2. The van der Waals surface area contributed by atoms with Gasteiger partial charge in [-0.2, -0.15) is 0 Å². The fraction of sp³-hybridized carbons (Fsp3) is 0.500. The first-order valence-electron chi connectivity index (χ1n) is 8.21. The van der Waals surface area contributed by atoms with Crippen molar-refractivity contribution < 1.29 is 9.59 Å². The standard InChI is InChI=1S/C18H22N2O2/c1-2-5-13-10-17(21)20-16-11-14(8-9-15(13)16)19-18(22)12-6-3-4-7-12/h8-12,15H,2-7H2,1H3,(H,20,21). The minimum absolute atomic E-state index is 0.0149. The molecule has 0 spiro atoms. The molecular formula is C18H22N2O2. The molecule has 1 unspecified atom stereocenters. The highest BCUT2D eigenvalue weighted by Gasteiger charge is 2.27. The summed E-state index contributed by atoms with van der Waals surface area (Å²) in [6, 6.07) is 0. The van der Waals surface area contributed by atoms with Gasteiger partial charge in [0, 0.05) is 23.6 Å². The number of carbonyl (C=O) groups excluding carboxylic acids is 2. The Morgan fingerprint density at radius 3 is 2.82 bits per heavy atom. The summed E-state index contributed by atoms with van der Waals surface area (Å²) in [7, 11) is 0. The number of carbonyl (C=O) groups is 2. The topological polar surface area (TPSA) is 58.5 Å². The highest BCUT2D eigenvalue weighted by Crippen LogP contribution is 2.30. The van der Waals surface area contributed by atoms with Crippen molar-refractivity contribution in [3.05, 3.63) is 35.6 Å². The van der Waals surface area contributed by atoms with Crippen LogP contribution in [0.4, 0.5) is 0 Å². The van der Waals surface area contributed by atoms with Crippen LogP contribution in [0.3, 0.4) is 0 Å². The van der Waals surface area contributed by atoms with E-state index < -0.39 is 0 Å². The first-order chi connectivity index (χ1) is 10.7. The SMILES string of the molecule is CCCC1=CC(=O)NC2=CC(=NC(=O)C3CCCC3)C=CC12. The maximum atomic E-state index is 12.2. The van der Waals surface area contributed by atoms with Crippen molar-refractivity contribution in [2.75, 3.05) is 0 Å². The fourth-order valence-electron chi connectivity index (χ4n) is 3.45. The van der Waals surface area contributed by atoms with Crippen molar-refractivity contribution >= 4 is 17.5 Å². The average Bonchev–Trinajstić information content (AvgIpc) is 3.01. The molecule has 1 fully saturated rings. The zero-order valence-electron chi connectivity index (χ0n) is 13.0. The second-order valence-electron chi connectivity index (χ2n) is 6.25. The van der Waals surface area contributed by atoms with Crippen LogP contribution in [-0.2, 0) is 9.59 Å². The summed E-state index contributed by atoms with van der Waals surface area (Å²) in [6.07, 6.45) is 13.6. The molecular weight excluding hydrogens is 276 g/mol. The van der Waals surface area contributed by atoms with Crippen LogP contribution < -0.4 is 5.32 Å². The molecule has 4 nitrogen and oxygen atoms in total. The number of aliphatic imine (C=N–C) groups is 1. The van der Waals surface area contributed by atoms with Gasteiger partial charge in [0.15, 0.2) is 0 Å². The van der Waals surface area contributed by atoms with Crippen molar-refractivity contribution in [3.8, 4) is 0 Å². The molecule has 0 aromatic carbocycles. The van der Waals surface area contributed by atoms with E-state index in [2.05, 4.69) is 17.2 Å². The molecule has 0 bridgehead atoms. The largest absolute Gasteiger partial charge is 0.325 e. The second kappa shape index (κ2) is 6.42. The number of rotatable bonds is 3. The van der Waals surface area contributed by atoms with Gasteiger partial charge in [-0.25, -0.2) is 4.99 Å². The first kappa shape index (κ1) is 14.9. The molecule has 3 aliphatic rings. The van der Waals surface area contributed by atoms with Gasteiger partial charge in [0.05, 0.1) is 5.71 Å². The Morgan fingerprint density at radius 2 is 2.09 bits per heavy atom. The Morgan fingerprint density at radius 1 is 1.32 bits per heavy atom. The number of hydrogen-bond donors (Lipinski definition) is 1. The van der Waals surface area contributed by atoms with Crippen LogP contribution in [0.2, 0.25) is 0 Å². The Kier molecular flexibility index (Phi) is 4.36. The Bertz CT molecular complexity index is 605. The van der Waals surface area contributed by atoms with Crippen LogP contribution in [0.5, 0.6) is 0 Å². The molecule has 1 N–H and O–H groups in total. The second-order valence-corrected chi connectivity index (χ2v) is 6.25. The van der Waals surface area contributed by atoms with E-state index in [1.807, 2.05) is 18.2 Å². The predicted octanol–water partition coefficient (Wildman–Crippen LogP) is 3.07. The molecule has 1 saturated carbocycles. The minimum atomic E-state index is -0.0808. The van der Waals surface area contributed by atoms with Gasteiger partial charge in [0.2, 0.25) is 11.8 Å². The highest BCUT2D eigenvalue weighted by atomic mass is 16.2. The van der Waals surface area contributed by atoms with E-state index in [0.717, 1.165) is 49.8 Å². The molecule has 3 rings (SSSR count). The third-order valence-corrected chi connectivity index (χ3v) is 4.56. The Labute approximate surface area is 131 Å². The summed E-state index contributed by atoms with van der Waals surface area (Å²) in [5.74, 6) is 0.119. The molecule has 4 heteroatoms. The van der Waals surface area contributed by atoms with Gasteiger partial charge in [-0.15, -0.1) is 0 Å².